The van der Waals surface area contributed by atoms with E-state index in [4.69, 9.17) is 9.47 Å². The topological polar surface area (TPSA) is 61.6 Å². The Bertz CT molecular complexity index is 1840. The molecular formula is C41H41NO4. The van der Waals surface area contributed by atoms with Crippen molar-refractivity contribution in [2.75, 3.05) is 0 Å². The Morgan fingerprint density at radius 3 is 1.70 bits per heavy atom. The monoisotopic (exact) mass is 611 g/mol. The van der Waals surface area contributed by atoms with E-state index in [0.717, 1.165) is 35.3 Å². The summed E-state index contributed by atoms with van der Waals surface area (Å²) in [5, 5.41) is 12.1. The maximum absolute atomic E-state index is 12.1. The number of nitro benzene ring substituents is 1. The molecule has 0 N–H and O–H groups in total. The minimum atomic E-state index is -0.579. The fourth-order valence-electron chi connectivity index (χ4n) is 6.46. The fourth-order valence-corrected chi connectivity index (χ4v) is 6.46. The predicted molar refractivity (Wildman–Crippen MR) is 185 cm³/mol. The summed E-state index contributed by atoms with van der Waals surface area (Å²) >= 11 is 0. The van der Waals surface area contributed by atoms with Crippen molar-refractivity contribution in [3.8, 4) is 28.4 Å². The van der Waals surface area contributed by atoms with E-state index < -0.39 is 5.41 Å². The molecule has 6 rings (SSSR count). The Morgan fingerprint density at radius 1 is 0.674 bits per heavy atom. The van der Waals surface area contributed by atoms with Gasteiger partial charge in [-0.15, -0.1) is 0 Å². The summed E-state index contributed by atoms with van der Waals surface area (Å²) < 4.78 is 12.5. The molecule has 5 aromatic rings. The van der Waals surface area contributed by atoms with Gasteiger partial charge in [0.1, 0.15) is 17.1 Å². The van der Waals surface area contributed by atoms with E-state index in [1.807, 2.05) is 18.2 Å². The lowest BCUT2D eigenvalue weighted by molar-refractivity contribution is -0.385. The van der Waals surface area contributed by atoms with Crippen LogP contribution in [-0.2, 0) is 10.8 Å². The highest BCUT2D eigenvalue weighted by Gasteiger charge is 2.46. The molecule has 0 bridgehead atoms. The molecule has 0 amide bonds. The summed E-state index contributed by atoms with van der Waals surface area (Å²) in [5.74, 6) is 1.60. The second kappa shape index (κ2) is 11.8. The number of hydrogen-bond donors (Lipinski definition) is 0. The first-order chi connectivity index (χ1) is 22.0. The molecule has 1 aliphatic rings. The minimum absolute atomic E-state index is 0.0354. The van der Waals surface area contributed by atoms with Gasteiger partial charge in [0.05, 0.1) is 10.3 Å². The van der Waals surface area contributed by atoms with Gasteiger partial charge in [-0.2, -0.15) is 0 Å². The van der Waals surface area contributed by atoms with E-state index in [0.29, 0.717) is 5.75 Å². The second-order valence-corrected chi connectivity index (χ2v) is 13.4. The van der Waals surface area contributed by atoms with Gasteiger partial charge in [-0.3, -0.25) is 10.1 Å². The van der Waals surface area contributed by atoms with Gasteiger partial charge in [0, 0.05) is 6.07 Å². The average molecular weight is 612 g/mol. The van der Waals surface area contributed by atoms with E-state index in [9.17, 15) is 10.1 Å². The van der Waals surface area contributed by atoms with Gasteiger partial charge < -0.3 is 9.47 Å². The lowest BCUT2D eigenvalue weighted by Crippen LogP contribution is -2.29. The average Bonchev–Trinajstić information content (AvgIpc) is 3.36. The molecule has 0 saturated carbocycles. The van der Waals surface area contributed by atoms with Crippen LogP contribution in [0.5, 0.6) is 17.2 Å². The minimum Gasteiger partial charge on any atom is -0.488 e. The van der Waals surface area contributed by atoms with Crippen LogP contribution in [0.15, 0.2) is 115 Å². The molecule has 0 fully saturated rings. The van der Waals surface area contributed by atoms with Crippen LogP contribution in [0.1, 0.15) is 82.2 Å². The van der Waals surface area contributed by atoms with Gasteiger partial charge in [0.2, 0.25) is 5.75 Å². The molecule has 46 heavy (non-hydrogen) atoms. The number of benzene rings is 5. The van der Waals surface area contributed by atoms with Crippen LogP contribution in [-0.4, -0.2) is 10.5 Å². The third-order valence-electron chi connectivity index (χ3n) is 9.82. The van der Waals surface area contributed by atoms with Gasteiger partial charge in [-0.1, -0.05) is 107 Å². The molecule has 5 nitrogen and oxygen atoms in total. The van der Waals surface area contributed by atoms with E-state index in [2.05, 4.69) is 126 Å². The zero-order valence-electron chi connectivity index (χ0n) is 27.5. The highest BCUT2D eigenvalue weighted by molar-refractivity contribution is 5.86. The van der Waals surface area contributed by atoms with Crippen LogP contribution in [0.3, 0.4) is 0 Å². The quantitative estimate of drug-likeness (QED) is 0.114. The van der Waals surface area contributed by atoms with Gasteiger partial charge >= 0.3 is 5.69 Å². The summed E-state index contributed by atoms with van der Waals surface area (Å²) in [6, 6.07) is 38.9. The van der Waals surface area contributed by atoms with Gasteiger partial charge in [-0.25, -0.2) is 0 Å². The van der Waals surface area contributed by atoms with Crippen LogP contribution in [0.25, 0.3) is 11.1 Å². The molecule has 0 saturated heterocycles. The first-order valence-corrected chi connectivity index (χ1v) is 16.1. The maximum atomic E-state index is 12.1. The third-order valence-corrected chi connectivity index (χ3v) is 9.82. The van der Waals surface area contributed by atoms with E-state index in [1.165, 1.54) is 22.3 Å². The Kier molecular flexibility index (Phi) is 7.97. The number of ether oxygens (including phenoxy) is 2. The lowest BCUT2D eigenvalue weighted by Gasteiger charge is -2.34. The number of nitro groups is 1. The standard InChI is InChI=1S/C41H41NO4/c1-7-39(3,4)30-21-26-38(37(27-30)42(43)44)45-31-22-17-28(18-23-31)41(29-19-24-32(25-20-29)46-40(5,6)8-2)35-15-11-9-13-33(35)34-14-10-12-16-36(34)41/h9-27H,7-8H2,1-6H3. The molecule has 234 valence electrons. The van der Waals surface area contributed by atoms with Crippen LogP contribution in [0, 0.1) is 10.1 Å². The van der Waals surface area contributed by atoms with Crippen LogP contribution in [0.4, 0.5) is 5.69 Å². The van der Waals surface area contributed by atoms with E-state index in [-0.39, 0.29) is 27.4 Å². The number of nitrogens with zero attached hydrogens (tertiary/aromatic N) is 1. The van der Waals surface area contributed by atoms with Crippen molar-refractivity contribution in [2.24, 2.45) is 0 Å². The molecule has 0 aliphatic heterocycles. The molecule has 0 aromatic heterocycles. The fraction of sp³-hybridized carbons (Fsp3) is 0.268. The molecule has 0 heterocycles. The summed E-state index contributed by atoms with van der Waals surface area (Å²) in [5.41, 5.74) is 6.89. The Labute approximate surface area is 272 Å². The molecule has 1 aliphatic carbocycles. The van der Waals surface area contributed by atoms with Gasteiger partial charge in [0.15, 0.2) is 0 Å². The van der Waals surface area contributed by atoms with Crippen molar-refractivity contribution in [1.82, 2.24) is 0 Å². The zero-order valence-corrected chi connectivity index (χ0v) is 27.5. The summed E-state index contributed by atoms with van der Waals surface area (Å²) in [4.78, 5) is 11.7. The van der Waals surface area contributed by atoms with Crippen molar-refractivity contribution in [3.63, 3.8) is 0 Å². The molecule has 0 atom stereocenters. The van der Waals surface area contributed by atoms with E-state index >= 15 is 0 Å². The van der Waals surface area contributed by atoms with Gasteiger partial charge in [-0.05, 0) is 101 Å². The van der Waals surface area contributed by atoms with Crippen molar-refractivity contribution in [2.45, 2.75) is 70.8 Å². The third kappa shape index (κ3) is 5.34. The molecule has 5 aromatic carbocycles. The second-order valence-electron chi connectivity index (χ2n) is 13.4. The number of rotatable bonds is 10. The van der Waals surface area contributed by atoms with E-state index in [1.54, 1.807) is 12.1 Å². The highest BCUT2D eigenvalue weighted by atomic mass is 16.6. The molecular weight excluding hydrogens is 570 g/mol. The summed E-state index contributed by atoms with van der Waals surface area (Å²) in [6.45, 7) is 12.6. The normalized spacial score (nSPS) is 13.5. The number of fused-ring (bicyclic) bond motifs is 3. The Hall–Kier alpha value is -4.90. The molecule has 0 spiro atoms. The van der Waals surface area contributed by atoms with Crippen molar-refractivity contribution in [1.29, 1.82) is 0 Å². The summed E-state index contributed by atoms with van der Waals surface area (Å²) in [6.07, 6.45) is 1.77. The molecule has 5 heteroatoms. The van der Waals surface area contributed by atoms with Crippen LogP contribution < -0.4 is 9.47 Å². The van der Waals surface area contributed by atoms with Crippen LogP contribution in [0.2, 0.25) is 0 Å². The number of hydrogen-bond acceptors (Lipinski definition) is 4. The maximum Gasteiger partial charge on any atom is 0.311 e. The zero-order chi connectivity index (χ0) is 32.7. The SMILES string of the molecule is CCC(C)(C)Oc1ccc(C2(c3ccc(Oc4ccc(C(C)(C)CC)cc4[N+](=O)[O-])cc3)c3ccccc3-c3ccccc32)cc1. The largest absolute Gasteiger partial charge is 0.488 e. The summed E-state index contributed by atoms with van der Waals surface area (Å²) in [7, 11) is 0. The van der Waals surface area contributed by atoms with Crippen molar-refractivity contribution >= 4 is 5.69 Å². The van der Waals surface area contributed by atoms with Crippen molar-refractivity contribution in [3.05, 3.63) is 153 Å². The lowest BCUT2D eigenvalue weighted by atomic mass is 9.68. The van der Waals surface area contributed by atoms with Crippen LogP contribution >= 0.6 is 0 Å². The predicted octanol–water partition coefficient (Wildman–Crippen LogP) is 11.0. The van der Waals surface area contributed by atoms with Gasteiger partial charge in [0.25, 0.3) is 0 Å². The smallest absolute Gasteiger partial charge is 0.311 e. The first kappa shape index (κ1) is 31.1. The Balaban J connectivity index is 1.45. The Morgan fingerprint density at radius 2 is 1.20 bits per heavy atom. The molecule has 0 unspecified atom stereocenters. The first-order valence-electron chi connectivity index (χ1n) is 16.1. The molecule has 0 radical (unpaired) electrons. The highest BCUT2D eigenvalue weighted by Crippen LogP contribution is 2.56. The van der Waals surface area contributed by atoms with Crippen molar-refractivity contribution < 1.29 is 14.4 Å².